The van der Waals surface area contributed by atoms with Crippen LogP contribution in [0.2, 0.25) is 0 Å². The lowest BCUT2D eigenvalue weighted by atomic mass is 10.0. The first-order chi connectivity index (χ1) is 15.5. The van der Waals surface area contributed by atoms with Crippen molar-refractivity contribution in [1.29, 1.82) is 0 Å². The number of amides is 1. The van der Waals surface area contributed by atoms with E-state index in [9.17, 15) is 4.79 Å². The molecule has 4 rings (SSSR count). The second-order valence-corrected chi connectivity index (χ2v) is 9.38. The Morgan fingerprint density at radius 2 is 1.59 bits per heavy atom. The lowest BCUT2D eigenvalue weighted by Crippen LogP contribution is -2.30. The largest absolute Gasteiger partial charge is 0.483 e. The van der Waals surface area contributed by atoms with Crippen molar-refractivity contribution in [2.45, 2.75) is 13.1 Å². The average Bonchev–Trinajstić information content (AvgIpc) is 3.20. The van der Waals surface area contributed by atoms with E-state index in [1.54, 1.807) is 16.2 Å². The van der Waals surface area contributed by atoms with Gasteiger partial charge >= 0.3 is 0 Å². The summed E-state index contributed by atoms with van der Waals surface area (Å²) in [7, 11) is 5.89. The van der Waals surface area contributed by atoms with E-state index in [2.05, 4.69) is 47.4 Å². The van der Waals surface area contributed by atoms with Gasteiger partial charge in [-0.2, -0.15) is 0 Å². The number of rotatable bonds is 8. The molecule has 0 spiro atoms. The highest BCUT2D eigenvalue weighted by atomic mass is 32.1. The van der Waals surface area contributed by atoms with E-state index in [0.29, 0.717) is 6.54 Å². The van der Waals surface area contributed by atoms with Crippen molar-refractivity contribution in [2.75, 3.05) is 27.7 Å². The summed E-state index contributed by atoms with van der Waals surface area (Å²) in [4.78, 5) is 17.8. The van der Waals surface area contributed by atoms with Crippen LogP contribution in [0.1, 0.15) is 10.4 Å². The van der Waals surface area contributed by atoms with E-state index in [0.717, 1.165) is 23.4 Å². The van der Waals surface area contributed by atoms with Crippen molar-refractivity contribution in [3.8, 4) is 16.9 Å². The molecule has 3 aromatic carbocycles. The molecule has 1 amide bonds. The Kier molecular flexibility index (Phi) is 6.88. The zero-order chi connectivity index (χ0) is 22.5. The van der Waals surface area contributed by atoms with Crippen LogP contribution in [0.15, 0.2) is 78.9 Å². The van der Waals surface area contributed by atoms with Crippen molar-refractivity contribution in [3.05, 3.63) is 89.3 Å². The molecule has 164 valence electrons. The SMILES string of the molecule is CN(C)Cc1cc(-c2ccccc2)ccc1OCC(=O)N(C)Cc1cc2ccccc2s1. The molecule has 4 aromatic rings. The Bertz CT molecular complexity index is 1170. The maximum atomic E-state index is 12.8. The highest BCUT2D eigenvalue weighted by molar-refractivity contribution is 7.19. The third-order valence-corrected chi connectivity index (χ3v) is 6.40. The fourth-order valence-corrected chi connectivity index (χ4v) is 4.80. The molecule has 0 fully saturated rings. The van der Waals surface area contributed by atoms with Gasteiger partial charge in [-0.15, -0.1) is 11.3 Å². The van der Waals surface area contributed by atoms with Gasteiger partial charge in [0.1, 0.15) is 5.75 Å². The number of hydrogen-bond acceptors (Lipinski definition) is 4. The van der Waals surface area contributed by atoms with Crippen LogP contribution in [0.3, 0.4) is 0 Å². The summed E-state index contributed by atoms with van der Waals surface area (Å²) < 4.78 is 7.24. The maximum Gasteiger partial charge on any atom is 0.260 e. The zero-order valence-corrected chi connectivity index (χ0v) is 19.6. The minimum atomic E-state index is -0.0367. The van der Waals surface area contributed by atoms with Gasteiger partial charge in [0.2, 0.25) is 0 Å². The van der Waals surface area contributed by atoms with Crippen molar-refractivity contribution < 1.29 is 9.53 Å². The molecule has 0 unspecified atom stereocenters. The number of ether oxygens (including phenoxy) is 1. The number of hydrogen-bond donors (Lipinski definition) is 0. The van der Waals surface area contributed by atoms with Gasteiger partial charge < -0.3 is 14.5 Å². The van der Waals surface area contributed by atoms with Crippen LogP contribution in [-0.2, 0) is 17.9 Å². The monoisotopic (exact) mass is 444 g/mol. The van der Waals surface area contributed by atoms with Crippen LogP contribution < -0.4 is 4.74 Å². The molecule has 0 saturated heterocycles. The standard InChI is InChI=1S/C27H28N2O2S/c1-28(2)17-23-15-21(20-9-5-4-6-10-20)13-14-25(23)31-19-27(30)29(3)18-24-16-22-11-7-8-12-26(22)32-24/h4-16H,17-19H2,1-3H3. The van der Waals surface area contributed by atoms with Crippen molar-refractivity contribution in [3.63, 3.8) is 0 Å². The van der Waals surface area contributed by atoms with Gasteiger partial charge in [-0.3, -0.25) is 4.79 Å². The van der Waals surface area contributed by atoms with Gasteiger partial charge in [0.05, 0.1) is 6.54 Å². The van der Waals surface area contributed by atoms with Crippen LogP contribution in [0.25, 0.3) is 21.2 Å². The van der Waals surface area contributed by atoms with Crippen LogP contribution in [-0.4, -0.2) is 43.5 Å². The van der Waals surface area contributed by atoms with E-state index >= 15 is 0 Å². The summed E-state index contributed by atoms with van der Waals surface area (Å²) in [5.74, 6) is 0.715. The number of nitrogens with zero attached hydrogens (tertiary/aromatic N) is 2. The topological polar surface area (TPSA) is 32.8 Å². The number of carbonyl (C=O) groups excluding carboxylic acids is 1. The first-order valence-corrected chi connectivity index (χ1v) is 11.5. The van der Waals surface area contributed by atoms with Crippen molar-refractivity contribution in [2.24, 2.45) is 0 Å². The Labute approximate surface area is 193 Å². The fraction of sp³-hybridized carbons (Fsp3) is 0.222. The molecule has 1 heterocycles. The number of benzene rings is 3. The van der Waals surface area contributed by atoms with Gasteiger partial charge in [0, 0.05) is 28.7 Å². The third-order valence-electron chi connectivity index (χ3n) is 5.30. The molecule has 1 aromatic heterocycles. The minimum absolute atomic E-state index is 0.0203. The molecule has 0 atom stereocenters. The van der Waals surface area contributed by atoms with Gasteiger partial charge in [-0.1, -0.05) is 54.6 Å². The molecule has 0 saturated carbocycles. The second kappa shape index (κ2) is 9.98. The van der Waals surface area contributed by atoms with Gasteiger partial charge in [0.25, 0.3) is 5.91 Å². The molecule has 0 N–H and O–H groups in total. The van der Waals surface area contributed by atoms with E-state index in [1.165, 1.54) is 20.5 Å². The Hall–Kier alpha value is -3.15. The first-order valence-electron chi connectivity index (χ1n) is 10.7. The number of carbonyl (C=O) groups is 1. The molecule has 0 aliphatic heterocycles. The summed E-state index contributed by atoms with van der Waals surface area (Å²) in [6, 6.07) is 26.9. The molecule has 4 nitrogen and oxygen atoms in total. The van der Waals surface area contributed by atoms with E-state index in [4.69, 9.17) is 4.74 Å². The molecular weight excluding hydrogens is 416 g/mol. The maximum absolute atomic E-state index is 12.8. The number of likely N-dealkylation sites (N-methyl/N-ethyl adjacent to an activating group) is 1. The first kappa shape index (κ1) is 22.1. The van der Waals surface area contributed by atoms with E-state index < -0.39 is 0 Å². The van der Waals surface area contributed by atoms with E-state index in [-0.39, 0.29) is 12.5 Å². The highest BCUT2D eigenvalue weighted by Gasteiger charge is 2.14. The summed E-state index contributed by atoms with van der Waals surface area (Å²) in [5, 5.41) is 1.22. The predicted octanol–water partition coefficient (Wildman–Crippen LogP) is 5.67. The molecule has 0 aliphatic carbocycles. The van der Waals surface area contributed by atoms with Crippen molar-refractivity contribution >= 4 is 27.3 Å². The van der Waals surface area contributed by atoms with Gasteiger partial charge in [-0.25, -0.2) is 0 Å². The minimum Gasteiger partial charge on any atom is -0.483 e. The normalized spacial score (nSPS) is 11.1. The molecule has 0 aliphatic rings. The Balaban J connectivity index is 1.43. The average molecular weight is 445 g/mol. The molecule has 0 bridgehead atoms. The van der Waals surface area contributed by atoms with Crippen LogP contribution in [0.5, 0.6) is 5.75 Å². The molecular formula is C27H28N2O2S. The summed E-state index contributed by atoms with van der Waals surface area (Å²) in [6.45, 7) is 1.34. The number of thiophene rings is 1. The smallest absolute Gasteiger partial charge is 0.260 e. The second-order valence-electron chi connectivity index (χ2n) is 8.22. The lowest BCUT2D eigenvalue weighted by Gasteiger charge is -2.19. The predicted molar refractivity (Wildman–Crippen MR) is 133 cm³/mol. The molecule has 32 heavy (non-hydrogen) atoms. The number of fused-ring (bicyclic) bond motifs is 1. The Morgan fingerprint density at radius 3 is 2.34 bits per heavy atom. The van der Waals surface area contributed by atoms with Crippen LogP contribution >= 0.6 is 11.3 Å². The molecule has 0 radical (unpaired) electrons. The zero-order valence-electron chi connectivity index (χ0n) is 18.7. The lowest BCUT2D eigenvalue weighted by molar-refractivity contribution is -0.132. The summed E-state index contributed by atoms with van der Waals surface area (Å²) in [5.41, 5.74) is 3.37. The van der Waals surface area contributed by atoms with Crippen LogP contribution in [0.4, 0.5) is 0 Å². The fourth-order valence-electron chi connectivity index (χ4n) is 3.68. The van der Waals surface area contributed by atoms with E-state index in [1.807, 2.05) is 57.5 Å². The quantitative estimate of drug-likeness (QED) is 0.351. The molecule has 5 heteroatoms. The summed E-state index contributed by atoms with van der Waals surface area (Å²) in [6.07, 6.45) is 0. The highest BCUT2D eigenvalue weighted by Crippen LogP contribution is 2.28. The Morgan fingerprint density at radius 1 is 0.844 bits per heavy atom. The van der Waals surface area contributed by atoms with Crippen molar-refractivity contribution in [1.82, 2.24) is 9.80 Å². The van der Waals surface area contributed by atoms with Gasteiger partial charge in [-0.05, 0) is 54.9 Å². The van der Waals surface area contributed by atoms with Gasteiger partial charge in [0.15, 0.2) is 6.61 Å². The third kappa shape index (κ3) is 5.36. The van der Waals surface area contributed by atoms with Crippen LogP contribution in [0, 0.1) is 0 Å². The summed E-state index contributed by atoms with van der Waals surface area (Å²) >= 11 is 1.73.